The molecule has 0 aliphatic heterocycles. The Kier molecular flexibility index (Phi) is 6.22. The molecule has 4 aromatic heterocycles. The summed E-state index contributed by atoms with van der Waals surface area (Å²) in [6.45, 7) is 0. The first-order valence-electron chi connectivity index (χ1n) is 17.7. The second-order valence-electron chi connectivity index (χ2n) is 13.4. The molecule has 0 radical (unpaired) electrons. The summed E-state index contributed by atoms with van der Waals surface area (Å²) in [4.78, 5) is 10.8. The van der Waals surface area contributed by atoms with Crippen molar-refractivity contribution in [3.05, 3.63) is 182 Å². The number of benzene rings is 7. The summed E-state index contributed by atoms with van der Waals surface area (Å²) in [5, 5.41) is 7.06. The van der Waals surface area contributed by atoms with Gasteiger partial charge in [0, 0.05) is 38.9 Å². The second kappa shape index (κ2) is 11.2. The number of rotatable bonds is 4. The van der Waals surface area contributed by atoms with E-state index < -0.39 is 0 Å². The van der Waals surface area contributed by atoms with Crippen molar-refractivity contribution in [3.8, 4) is 39.5 Å². The van der Waals surface area contributed by atoms with Crippen molar-refractivity contribution >= 4 is 59.9 Å². The van der Waals surface area contributed by atoms with Crippen LogP contribution in [0.2, 0.25) is 0 Å². The third kappa shape index (κ3) is 4.21. The maximum Gasteiger partial charge on any atom is 0.235 e. The normalized spacial score (nSPS) is 11.8. The molecule has 52 heavy (non-hydrogen) atoms. The van der Waals surface area contributed by atoms with Crippen LogP contribution in [0.1, 0.15) is 0 Å². The Morgan fingerprint density at radius 1 is 0.385 bits per heavy atom. The van der Waals surface area contributed by atoms with Gasteiger partial charge in [-0.25, -0.2) is 9.97 Å². The summed E-state index contributed by atoms with van der Waals surface area (Å²) in [5.74, 6) is 0.649. The van der Waals surface area contributed by atoms with Gasteiger partial charge in [-0.05, 0) is 51.7 Å². The highest BCUT2D eigenvalue weighted by Gasteiger charge is 2.23. The molecule has 0 amide bonds. The summed E-state index contributed by atoms with van der Waals surface area (Å²) < 4.78 is 4.62. The van der Waals surface area contributed by atoms with Gasteiger partial charge in [-0.3, -0.25) is 4.57 Å². The molecule has 4 heterocycles. The number of nitrogens with zero attached hydrogens (tertiary/aromatic N) is 4. The fourth-order valence-corrected chi connectivity index (χ4v) is 8.24. The molecule has 0 aliphatic carbocycles. The molecule has 11 aromatic rings. The van der Waals surface area contributed by atoms with E-state index in [0.717, 1.165) is 38.7 Å². The Labute approximate surface area is 299 Å². The second-order valence-corrected chi connectivity index (χ2v) is 13.4. The van der Waals surface area contributed by atoms with E-state index >= 15 is 0 Å². The Morgan fingerprint density at radius 2 is 1.04 bits per heavy atom. The maximum absolute atomic E-state index is 5.47. The Hall–Kier alpha value is -7.04. The van der Waals surface area contributed by atoms with Gasteiger partial charge in [-0.2, -0.15) is 0 Å². The van der Waals surface area contributed by atoms with Crippen LogP contribution in [0.3, 0.4) is 0 Å². The molecule has 0 unspecified atom stereocenters. The van der Waals surface area contributed by atoms with Crippen LogP contribution < -0.4 is 0 Å². The van der Waals surface area contributed by atoms with Crippen molar-refractivity contribution in [2.24, 2.45) is 0 Å². The van der Waals surface area contributed by atoms with Gasteiger partial charge < -0.3 is 4.40 Å². The molecular formula is C48H30N4. The van der Waals surface area contributed by atoms with Crippen molar-refractivity contribution in [1.82, 2.24) is 18.9 Å². The van der Waals surface area contributed by atoms with Gasteiger partial charge in [0.2, 0.25) is 5.95 Å². The zero-order chi connectivity index (χ0) is 34.2. The highest BCUT2D eigenvalue weighted by Crippen LogP contribution is 2.43. The highest BCUT2D eigenvalue weighted by atomic mass is 15.2. The van der Waals surface area contributed by atoms with Gasteiger partial charge in [-0.15, -0.1) is 0 Å². The quantitative estimate of drug-likeness (QED) is 0.188. The topological polar surface area (TPSA) is 35.1 Å². The predicted molar refractivity (Wildman–Crippen MR) is 216 cm³/mol. The third-order valence-electron chi connectivity index (χ3n) is 10.6. The number of fused-ring (bicyclic) bond motifs is 9. The van der Waals surface area contributed by atoms with Gasteiger partial charge >= 0.3 is 0 Å². The van der Waals surface area contributed by atoms with Crippen LogP contribution in [0.5, 0.6) is 0 Å². The van der Waals surface area contributed by atoms with Crippen LogP contribution in [-0.4, -0.2) is 18.9 Å². The van der Waals surface area contributed by atoms with Crippen LogP contribution in [0, 0.1) is 0 Å². The minimum absolute atomic E-state index is 0.649. The third-order valence-corrected chi connectivity index (χ3v) is 10.6. The minimum Gasteiger partial charge on any atom is -0.314 e. The fraction of sp³-hybridized carbons (Fsp3) is 0. The Bertz CT molecular complexity index is 3160. The average Bonchev–Trinajstić information content (AvgIpc) is 3.74. The fourth-order valence-electron chi connectivity index (χ4n) is 8.24. The molecule has 0 saturated heterocycles. The molecule has 4 nitrogen and oxygen atoms in total. The van der Waals surface area contributed by atoms with Crippen LogP contribution >= 0.6 is 0 Å². The first kappa shape index (κ1) is 28.8. The molecule has 242 valence electrons. The molecule has 0 spiro atoms. The molecule has 11 rings (SSSR count). The van der Waals surface area contributed by atoms with Gasteiger partial charge in [-0.1, -0.05) is 152 Å². The maximum atomic E-state index is 5.47. The number of aromatic nitrogens is 4. The average molecular weight is 663 g/mol. The van der Waals surface area contributed by atoms with Gasteiger partial charge in [0.1, 0.15) is 0 Å². The van der Waals surface area contributed by atoms with E-state index in [4.69, 9.17) is 9.97 Å². The van der Waals surface area contributed by atoms with Crippen LogP contribution in [0.25, 0.3) is 99.4 Å². The molecule has 4 heteroatoms. The minimum atomic E-state index is 0.649. The van der Waals surface area contributed by atoms with Crippen molar-refractivity contribution in [3.63, 3.8) is 0 Å². The molecule has 0 bridgehead atoms. The SMILES string of the molecule is c1ccc(-c2c3ccccc3n3ccc4c5ccccc5n(-c5nc(-c6ccc(-c7cccc8ccccc78)cc6)c6ccccc6n5)c4c23)cc1. The molecule has 7 aromatic carbocycles. The van der Waals surface area contributed by atoms with E-state index in [1.807, 2.05) is 0 Å². The summed E-state index contributed by atoms with van der Waals surface area (Å²) in [6, 6.07) is 62.6. The van der Waals surface area contributed by atoms with E-state index in [0.29, 0.717) is 5.95 Å². The van der Waals surface area contributed by atoms with Crippen molar-refractivity contribution in [2.45, 2.75) is 0 Å². The van der Waals surface area contributed by atoms with Crippen molar-refractivity contribution in [1.29, 1.82) is 0 Å². The summed E-state index contributed by atoms with van der Waals surface area (Å²) in [6.07, 6.45) is 2.22. The van der Waals surface area contributed by atoms with E-state index in [9.17, 15) is 0 Å². The monoisotopic (exact) mass is 662 g/mol. The summed E-state index contributed by atoms with van der Waals surface area (Å²) in [5.41, 5.74) is 12.1. The zero-order valence-corrected chi connectivity index (χ0v) is 28.1. The Balaban J connectivity index is 1.20. The molecule has 0 fully saturated rings. The standard InChI is InChI=1S/C48H30N4/c1-2-14-33(15-3-1)44-40-20-8-10-23-42(40)51-30-29-38-37-18-7-11-24-43(37)52(46(38)47(44)51)48-49-41-22-9-6-19-39(41)45(50-48)34-27-25-32(26-28-34)36-21-12-16-31-13-4-5-17-35(31)36/h1-30H. The molecule has 0 atom stereocenters. The van der Waals surface area contributed by atoms with Crippen LogP contribution in [-0.2, 0) is 0 Å². The molecule has 0 N–H and O–H groups in total. The highest BCUT2D eigenvalue weighted by molar-refractivity contribution is 6.20. The first-order chi connectivity index (χ1) is 25.8. The van der Waals surface area contributed by atoms with E-state index in [2.05, 4.69) is 191 Å². The van der Waals surface area contributed by atoms with Gasteiger partial charge in [0.25, 0.3) is 0 Å². The van der Waals surface area contributed by atoms with Crippen LogP contribution in [0.4, 0.5) is 0 Å². The molecular weight excluding hydrogens is 633 g/mol. The smallest absolute Gasteiger partial charge is 0.235 e. The lowest BCUT2D eigenvalue weighted by Crippen LogP contribution is -2.04. The van der Waals surface area contributed by atoms with Gasteiger partial charge in [0.05, 0.1) is 33.3 Å². The largest absolute Gasteiger partial charge is 0.314 e. The predicted octanol–water partition coefficient (Wildman–Crippen LogP) is 12.3. The summed E-state index contributed by atoms with van der Waals surface area (Å²) >= 11 is 0. The number of pyridine rings is 1. The number of para-hydroxylation sites is 3. The number of hydrogen-bond acceptors (Lipinski definition) is 2. The van der Waals surface area contributed by atoms with E-state index in [-0.39, 0.29) is 0 Å². The zero-order valence-electron chi connectivity index (χ0n) is 28.1. The van der Waals surface area contributed by atoms with Crippen molar-refractivity contribution < 1.29 is 0 Å². The summed E-state index contributed by atoms with van der Waals surface area (Å²) in [7, 11) is 0. The molecule has 0 aliphatic rings. The first-order valence-corrected chi connectivity index (χ1v) is 17.7. The van der Waals surface area contributed by atoms with Crippen LogP contribution in [0.15, 0.2) is 182 Å². The molecule has 0 saturated carbocycles. The Morgan fingerprint density at radius 3 is 1.88 bits per heavy atom. The van der Waals surface area contributed by atoms with Crippen molar-refractivity contribution in [2.75, 3.05) is 0 Å². The van der Waals surface area contributed by atoms with Gasteiger partial charge in [0.15, 0.2) is 0 Å². The van der Waals surface area contributed by atoms with E-state index in [1.54, 1.807) is 0 Å². The lowest BCUT2D eigenvalue weighted by molar-refractivity contribution is 1.01. The lowest BCUT2D eigenvalue weighted by Gasteiger charge is -2.13. The lowest BCUT2D eigenvalue weighted by atomic mass is 9.96. The number of hydrogen-bond donors (Lipinski definition) is 0. The van der Waals surface area contributed by atoms with E-state index in [1.165, 1.54) is 54.7 Å².